The molecule has 0 aliphatic carbocycles. The minimum atomic E-state index is -0.856. The van der Waals surface area contributed by atoms with E-state index in [2.05, 4.69) is 20.3 Å². The Morgan fingerprint density at radius 1 is 0.969 bits per heavy atom. The fourth-order valence-corrected chi connectivity index (χ4v) is 2.82. The van der Waals surface area contributed by atoms with Crippen LogP contribution in [0.1, 0.15) is 11.1 Å². The van der Waals surface area contributed by atoms with Crippen LogP contribution in [0.25, 0.3) is 0 Å². The van der Waals surface area contributed by atoms with Gasteiger partial charge in [0.1, 0.15) is 31.5 Å². The minimum Gasteiger partial charge on any atom is -0.470 e. The summed E-state index contributed by atoms with van der Waals surface area (Å²) in [5, 5.41) is 7.84. The van der Waals surface area contributed by atoms with E-state index in [1.807, 2.05) is 19.1 Å². The zero-order chi connectivity index (χ0) is 22.3. The van der Waals surface area contributed by atoms with Gasteiger partial charge < -0.3 is 23.9 Å². The Morgan fingerprint density at radius 2 is 1.66 bits per heavy atom. The second kappa shape index (κ2) is 9.73. The summed E-state index contributed by atoms with van der Waals surface area (Å²) in [4.78, 5) is 17.8. The summed E-state index contributed by atoms with van der Waals surface area (Å²) in [5.74, 6) is -0.624. The molecule has 0 unspecified atom stereocenters. The van der Waals surface area contributed by atoms with E-state index in [1.54, 1.807) is 36.4 Å². The predicted molar refractivity (Wildman–Crippen MR) is 113 cm³/mol. The quantitative estimate of drug-likeness (QED) is 0.402. The molecule has 9 nitrogen and oxygen atoms in total. The van der Waals surface area contributed by atoms with Crippen molar-refractivity contribution in [2.24, 2.45) is 10.3 Å². The van der Waals surface area contributed by atoms with Crippen molar-refractivity contribution >= 4 is 11.6 Å². The van der Waals surface area contributed by atoms with Gasteiger partial charge in [0.15, 0.2) is 12.3 Å². The number of oxime groups is 2. The summed E-state index contributed by atoms with van der Waals surface area (Å²) >= 11 is 0. The summed E-state index contributed by atoms with van der Waals surface area (Å²) in [6.07, 6.45) is 1.15. The van der Waals surface area contributed by atoms with Crippen molar-refractivity contribution in [2.75, 3.05) is 20.3 Å². The molecular weight excluding hydrogens is 419 g/mol. The van der Waals surface area contributed by atoms with Crippen molar-refractivity contribution in [2.45, 2.75) is 6.92 Å². The van der Waals surface area contributed by atoms with E-state index in [9.17, 15) is 0 Å². The molecule has 164 valence electrons. The highest BCUT2D eigenvalue weighted by atomic mass is 19.1. The van der Waals surface area contributed by atoms with Gasteiger partial charge in [0.05, 0.1) is 5.56 Å². The highest BCUT2D eigenvalue weighted by Gasteiger charge is 2.24. The number of halogens is 1. The summed E-state index contributed by atoms with van der Waals surface area (Å²) in [6.45, 7) is 2.46. The van der Waals surface area contributed by atoms with E-state index < -0.39 is 5.82 Å². The Hall–Kier alpha value is -4.21. The lowest BCUT2D eigenvalue weighted by Gasteiger charge is -2.17. The maximum Gasteiger partial charge on any atom is 0.280 e. The Balaban J connectivity index is 1.66. The number of hydrogen-bond acceptors (Lipinski definition) is 9. The molecule has 0 N–H and O–H groups in total. The molecule has 0 amide bonds. The van der Waals surface area contributed by atoms with Crippen LogP contribution in [0.15, 0.2) is 65.2 Å². The Labute approximate surface area is 183 Å². The highest BCUT2D eigenvalue weighted by molar-refractivity contribution is 6.45. The summed E-state index contributed by atoms with van der Waals surface area (Å²) < 4.78 is 32.0. The second-order valence-electron chi connectivity index (χ2n) is 6.46. The first-order valence-corrected chi connectivity index (χ1v) is 9.63. The van der Waals surface area contributed by atoms with Crippen LogP contribution in [0, 0.1) is 12.7 Å². The van der Waals surface area contributed by atoms with Crippen LogP contribution in [0.5, 0.6) is 23.3 Å². The van der Waals surface area contributed by atoms with Crippen LogP contribution < -0.4 is 9.47 Å². The number of para-hydroxylation sites is 2. The van der Waals surface area contributed by atoms with E-state index in [1.165, 1.54) is 7.11 Å². The average molecular weight is 438 g/mol. The monoisotopic (exact) mass is 438 g/mol. The van der Waals surface area contributed by atoms with Crippen molar-refractivity contribution in [1.82, 2.24) is 9.97 Å². The average Bonchev–Trinajstić information content (AvgIpc) is 2.82. The van der Waals surface area contributed by atoms with Crippen LogP contribution in [0.4, 0.5) is 4.39 Å². The first-order valence-electron chi connectivity index (χ1n) is 9.63. The summed E-state index contributed by atoms with van der Waals surface area (Å²) in [6, 6.07) is 14.0. The van der Waals surface area contributed by atoms with E-state index in [0.717, 1.165) is 11.9 Å². The van der Waals surface area contributed by atoms with E-state index >= 15 is 4.39 Å². The number of benzene rings is 2. The minimum absolute atomic E-state index is 0.112. The van der Waals surface area contributed by atoms with Crippen molar-refractivity contribution < 1.29 is 28.3 Å². The molecule has 10 heteroatoms. The van der Waals surface area contributed by atoms with Gasteiger partial charge in [-0.1, -0.05) is 35.5 Å². The number of rotatable bonds is 7. The van der Waals surface area contributed by atoms with E-state index in [-0.39, 0.29) is 29.1 Å². The van der Waals surface area contributed by atoms with Crippen molar-refractivity contribution in [3.63, 3.8) is 0 Å². The Bertz CT molecular complexity index is 1170. The summed E-state index contributed by atoms with van der Waals surface area (Å²) in [7, 11) is 1.38. The maximum atomic E-state index is 15.1. The fraction of sp³-hybridized carbons (Fsp3) is 0.182. The third-order valence-electron chi connectivity index (χ3n) is 4.32. The number of hydrogen-bond donors (Lipinski definition) is 0. The summed E-state index contributed by atoms with van der Waals surface area (Å²) in [5.41, 5.74) is 1.47. The normalized spacial score (nSPS) is 13.5. The first kappa shape index (κ1) is 21.0. The van der Waals surface area contributed by atoms with Crippen LogP contribution >= 0.6 is 0 Å². The zero-order valence-corrected chi connectivity index (χ0v) is 17.3. The SMILES string of the molecule is CO/N=C(/C1=NOCCO1)c1ccccc1Oc1ncnc(Oc2ccccc2C)c1F. The molecule has 4 rings (SSSR count). The van der Waals surface area contributed by atoms with E-state index in [0.29, 0.717) is 24.5 Å². The maximum absolute atomic E-state index is 15.1. The molecule has 0 saturated carbocycles. The van der Waals surface area contributed by atoms with Gasteiger partial charge >= 0.3 is 0 Å². The van der Waals surface area contributed by atoms with E-state index in [4.69, 9.17) is 23.9 Å². The van der Waals surface area contributed by atoms with Crippen LogP contribution in [-0.4, -0.2) is 41.9 Å². The smallest absolute Gasteiger partial charge is 0.280 e. The molecule has 0 radical (unpaired) electrons. The molecule has 3 aromatic rings. The molecule has 1 aliphatic heterocycles. The fourth-order valence-electron chi connectivity index (χ4n) is 2.82. The molecule has 0 bridgehead atoms. The number of nitrogens with zero attached hydrogens (tertiary/aromatic N) is 4. The van der Waals surface area contributed by atoms with Gasteiger partial charge in [-0.25, -0.2) is 0 Å². The molecule has 2 aromatic carbocycles. The Morgan fingerprint density at radius 3 is 2.34 bits per heavy atom. The van der Waals surface area contributed by atoms with Gasteiger partial charge in [-0.15, -0.1) is 0 Å². The number of aryl methyl sites for hydroxylation is 1. The number of ether oxygens (including phenoxy) is 3. The van der Waals surface area contributed by atoms with Crippen LogP contribution in [0.3, 0.4) is 0 Å². The molecule has 1 aromatic heterocycles. The van der Waals surface area contributed by atoms with Crippen LogP contribution in [-0.2, 0) is 14.4 Å². The third kappa shape index (κ3) is 4.59. The van der Waals surface area contributed by atoms with Gasteiger partial charge in [-0.2, -0.15) is 14.4 Å². The van der Waals surface area contributed by atoms with Gasteiger partial charge in [-0.05, 0) is 35.8 Å². The van der Waals surface area contributed by atoms with Gasteiger partial charge in [0.2, 0.25) is 5.82 Å². The lowest BCUT2D eigenvalue weighted by Crippen LogP contribution is -2.25. The standard InChI is InChI=1S/C22H19FN4O5/c1-14-7-3-5-9-16(14)31-20-18(23)21(25-13-24-20)32-17-10-6-4-8-15(17)19(26-28-2)22-27-30-12-11-29-22/h3-10,13H,11-12H2,1-2H3/b26-19+. The molecule has 0 atom stereocenters. The third-order valence-corrected chi connectivity index (χ3v) is 4.32. The van der Waals surface area contributed by atoms with Crippen molar-refractivity contribution in [3.8, 4) is 23.3 Å². The molecule has 2 heterocycles. The van der Waals surface area contributed by atoms with Crippen molar-refractivity contribution in [3.05, 3.63) is 71.8 Å². The lowest BCUT2D eigenvalue weighted by atomic mass is 10.1. The van der Waals surface area contributed by atoms with Crippen molar-refractivity contribution in [1.29, 1.82) is 0 Å². The van der Waals surface area contributed by atoms with Gasteiger partial charge in [-0.3, -0.25) is 0 Å². The van der Waals surface area contributed by atoms with Gasteiger partial charge in [0, 0.05) is 0 Å². The molecule has 32 heavy (non-hydrogen) atoms. The first-order chi connectivity index (χ1) is 15.7. The topological polar surface area (TPSA) is 96.7 Å². The van der Waals surface area contributed by atoms with Gasteiger partial charge in [0.25, 0.3) is 17.7 Å². The molecule has 0 spiro atoms. The second-order valence-corrected chi connectivity index (χ2v) is 6.46. The molecular formula is C22H19FN4O5. The lowest BCUT2D eigenvalue weighted by molar-refractivity contribution is 0.0672. The Kier molecular flexibility index (Phi) is 6.40. The van der Waals surface area contributed by atoms with Crippen LogP contribution in [0.2, 0.25) is 0 Å². The highest BCUT2D eigenvalue weighted by Crippen LogP contribution is 2.32. The molecule has 0 saturated heterocycles. The molecule has 0 fully saturated rings. The predicted octanol–water partition coefficient (Wildman–Crippen LogP) is 4.22. The largest absolute Gasteiger partial charge is 0.470 e. The number of aromatic nitrogens is 2. The molecule has 1 aliphatic rings. The zero-order valence-electron chi connectivity index (χ0n) is 17.3.